The van der Waals surface area contributed by atoms with Crippen molar-refractivity contribution in [1.82, 2.24) is 5.32 Å². The first kappa shape index (κ1) is 20.4. The van der Waals surface area contributed by atoms with Gasteiger partial charge in [-0.2, -0.15) is 0 Å². The van der Waals surface area contributed by atoms with Crippen LogP contribution in [0.1, 0.15) is 30.4 Å². The topological polar surface area (TPSA) is 75.6 Å². The lowest BCUT2D eigenvalue weighted by Gasteiger charge is -2.17. The quantitative estimate of drug-likeness (QED) is 0.706. The van der Waals surface area contributed by atoms with Crippen LogP contribution in [0.3, 0.4) is 0 Å². The van der Waals surface area contributed by atoms with E-state index in [0.717, 1.165) is 11.1 Å². The van der Waals surface area contributed by atoms with Gasteiger partial charge in [-0.3, -0.25) is 9.59 Å². The van der Waals surface area contributed by atoms with Gasteiger partial charge in [-0.1, -0.05) is 37.3 Å². The number of carbonyl (C=O) groups is 2. The van der Waals surface area contributed by atoms with Crippen LogP contribution in [0.25, 0.3) is 0 Å². The van der Waals surface area contributed by atoms with E-state index in [9.17, 15) is 19.1 Å². The van der Waals surface area contributed by atoms with Crippen LogP contribution in [-0.4, -0.2) is 30.6 Å². The van der Waals surface area contributed by atoms with Gasteiger partial charge < -0.3 is 15.2 Å². The highest BCUT2D eigenvalue weighted by Crippen LogP contribution is 2.22. The number of hydrogen-bond acceptors (Lipinski definition) is 3. The van der Waals surface area contributed by atoms with E-state index in [1.54, 1.807) is 18.2 Å². The summed E-state index contributed by atoms with van der Waals surface area (Å²) in [6, 6.07) is 13.3. The number of benzene rings is 2. The van der Waals surface area contributed by atoms with E-state index < -0.39 is 11.9 Å². The van der Waals surface area contributed by atoms with Gasteiger partial charge in [0.05, 0.1) is 13.0 Å². The number of carbonyl (C=O) groups excluding carboxylic acids is 1. The molecular formula is C21H24FNO4. The molecule has 6 heteroatoms. The Morgan fingerprint density at radius 2 is 1.93 bits per heavy atom. The average molecular weight is 373 g/mol. The van der Waals surface area contributed by atoms with Crippen LogP contribution in [0, 0.1) is 11.7 Å². The summed E-state index contributed by atoms with van der Waals surface area (Å²) in [5.74, 6) is -1.91. The number of nitrogens with one attached hydrogen (secondary N) is 1. The smallest absolute Gasteiger partial charge is 0.308 e. The molecule has 0 heterocycles. The molecule has 0 spiro atoms. The summed E-state index contributed by atoms with van der Waals surface area (Å²) in [4.78, 5) is 23.8. The van der Waals surface area contributed by atoms with Crippen molar-refractivity contribution >= 4 is 11.9 Å². The molecule has 0 saturated carbocycles. The van der Waals surface area contributed by atoms with Crippen molar-refractivity contribution in [3.63, 3.8) is 0 Å². The van der Waals surface area contributed by atoms with Crippen molar-refractivity contribution in [2.75, 3.05) is 13.7 Å². The lowest BCUT2D eigenvalue weighted by atomic mass is 9.96. The molecule has 0 saturated heterocycles. The molecule has 1 amide bonds. The van der Waals surface area contributed by atoms with Crippen molar-refractivity contribution in [3.8, 4) is 5.75 Å². The highest BCUT2D eigenvalue weighted by atomic mass is 19.1. The van der Waals surface area contributed by atoms with Gasteiger partial charge in [-0.15, -0.1) is 0 Å². The number of carboxylic acids is 1. The van der Waals surface area contributed by atoms with Crippen LogP contribution in [0.15, 0.2) is 48.5 Å². The highest BCUT2D eigenvalue weighted by molar-refractivity contribution is 5.78. The maximum atomic E-state index is 13.3. The summed E-state index contributed by atoms with van der Waals surface area (Å²) in [7, 11) is 1.53. The fraction of sp³-hybridized carbons (Fsp3) is 0.333. The average Bonchev–Trinajstić information content (AvgIpc) is 2.65. The third kappa shape index (κ3) is 6.09. The third-order valence-corrected chi connectivity index (χ3v) is 4.46. The fourth-order valence-corrected chi connectivity index (χ4v) is 2.90. The van der Waals surface area contributed by atoms with Gasteiger partial charge in [0.25, 0.3) is 0 Å². The van der Waals surface area contributed by atoms with Gasteiger partial charge in [0, 0.05) is 13.0 Å². The predicted molar refractivity (Wildman–Crippen MR) is 100 cm³/mol. The van der Waals surface area contributed by atoms with Gasteiger partial charge in [-0.25, -0.2) is 4.39 Å². The van der Waals surface area contributed by atoms with E-state index in [1.165, 1.54) is 19.2 Å². The Balaban J connectivity index is 1.93. The van der Waals surface area contributed by atoms with E-state index >= 15 is 0 Å². The molecule has 5 nitrogen and oxygen atoms in total. The molecule has 2 N–H and O–H groups in total. The molecule has 2 atom stereocenters. The monoisotopic (exact) mass is 373 g/mol. The number of rotatable bonds is 9. The molecule has 2 aromatic carbocycles. The summed E-state index contributed by atoms with van der Waals surface area (Å²) in [6.45, 7) is 1.85. The number of aliphatic carboxylic acids is 1. The Bertz CT molecular complexity index is 793. The van der Waals surface area contributed by atoms with Crippen molar-refractivity contribution in [2.24, 2.45) is 5.92 Å². The first-order valence-corrected chi connectivity index (χ1v) is 8.77. The maximum Gasteiger partial charge on any atom is 0.308 e. The number of hydrogen-bond donors (Lipinski definition) is 2. The van der Waals surface area contributed by atoms with Crippen molar-refractivity contribution in [2.45, 2.75) is 25.7 Å². The molecule has 2 rings (SSSR count). The summed E-state index contributed by atoms with van der Waals surface area (Å²) in [6.07, 6.45) is 0.406. The van der Waals surface area contributed by atoms with Crippen molar-refractivity contribution in [1.29, 1.82) is 0 Å². The van der Waals surface area contributed by atoms with E-state index in [0.29, 0.717) is 5.75 Å². The highest BCUT2D eigenvalue weighted by Gasteiger charge is 2.21. The summed E-state index contributed by atoms with van der Waals surface area (Å²) >= 11 is 0. The number of carboxylic acid groups (broad SMARTS) is 1. The van der Waals surface area contributed by atoms with Crippen molar-refractivity contribution in [3.05, 3.63) is 65.5 Å². The Morgan fingerprint density at radius 3 is 2.59 bits per heavy atom. The summed E-state index contributed by atoms with van der Waals surface area (Å²) in [5, 5.41) is 12.2. The minimum Gasteiger partial charge on any atom is -0.496 e. The zero-order valence-corrected chi connectivity index (χ0v) is 15.4. The minimum atomic E-state index is -0.987. The summed E-state index contributed by atoms with van der Waals surface area (Å²) in [5.41, 5.74) is 1.50. The normalized spacial score (nSPS) is 12.9. The molecule has 27 heavy (non-hydrogen) atoms. The maximum absolute atomic E-state index is 13.3. The van der Waals surface area contributed by atoms with Gasteiger partial charge in [-0.05, 0) is 41.7 Å². The second-order valence-corrected chi connectivity index (χ2v) is 6.52. The van der Waals surface area contributed by atoms with Crippen LogP contribution in [0.4, 0.5) is 4.39 Å². The zero-order valence-electron chi connectivity index (χ0n) is 15.4. The molecule has 0 aromatic heterocycles. The van der Waals surface area contributed by atoms with E-state index in [-0.39, 0.29) is 37.0 Å². The largest absolute Gasteiger partial charge is 0.496 e. The van der Waals surface area contributed by atoms with Gasteiger partial charge >= 0.3 is 5.97 Å². The number of ether oxygens (including phenoxy) is 1. The minimum absolute atomic E-state index is 0.0160. The van der Waals surface area contributed by atoms with Gasteiger partial charge in [0.2, 0.25) is 5.91 Å². The Hall–Kier alpha value is -2.89. The molecule has 2 unspecified atom stereocenters. The van der Waals surface area contributed by atoms with Crippen LogP contribution in [0.5, 0.6) is 5.75 Å². The van der Waals surface area contributed by atoms with E-state index in [1.807, 2.05) is 25.1 Å². The molecule has 0 radical (unpaired) electrons. The molecular weight excluding hydrogens is 349 g/mol. The lowest BCUT2D eigenvalue weighted by molar-refractivity contribution is -0.141. The number of para-hydroxylation sites is 1. The first-order valence-electron chi connectivity index (χ1n) is 8.77. The summed E-state index contributed by atoms with van der Waals surface area (Å²) < 4.78 is 18.6. The second-order valence-electron chi connectivity index (χ2n) is 6.52. The predicted octanol–water partition coefficient (Wildman–Crippen LogP) is 3.39. The molecule has 2 aromatic rings. The van der Waals surface area contributed by atoms with Crippen LogP contribution >= 0.6 is 0 Å². The standard InChI is InChI=1S/C21H24FNO4/c1-14(15-7-5-8-18(22)12-15)10-20(24)23-13-17(21(25)26)11-16-6-3-4-9-19(16)27-2/h3-9,12,14,17H,10-11,13H2,1-2H3,(H,23,24)(H,25,26). The molecule has 0 aliphatic heterocycles. The molecule has 0 aliphatic carbocycles. The Labute approximate surface area is 158 Å². The molecule has 0 bridgehead atoms. The van der Waals surface area contributed by atoms with Crippen LogP contribution < -0.4 is 10.1 Å². The first-order chi connectivity index (χ1) is 12.9. The van der Waals surface area contributed by atoms with Crippen LogP contribution in [0.2, 0.25) is 0 Å². The third-order valence-electron chi connectivity index (χ3n) is 4.46. The molecule has 144 valence electrons. The number of methoxy groups -OCH3 is 1. The number of halogens is 1. The zero-order chi connectivity index (χ0) is 19.8. The van der Waals surface area contributed by atoms with Crippen LogP contribution in [-0.2, 0) is 16.0 Å². The molecule has 0 fully saturated rings. The van der Waals surface area contributed by atoms with Gasteiger partial charge in [0.15, 0.2) is 0 Å². The van der Waals surface area contributed by atoms with E-state index in [4.69, 9.17) is 4.74 Å². The SMILES string of the molecule is COc1ccccc1CC(CNC(=O)CC(C)c1cccc(F)c1)C(=O)O. The second kappa shape index (κ2) is 9.71. The fourth-order valence-electron chi connectivity index (χ4n) is 2.90. The van der Waals surface area contributed by atoms with E-state index in [2.05, 4.69) is 5.32 Å². The van der Waals surface area contributed by atoms with Gasteiger partial charge in [0.1, 0.15) is 11.6 Å². The number of amides is 1. The van der Waals surface area contributed by atoms with Crippen molar-refractivity contribution < 1.29 is 23.8 Å². The molecule has 0 aliphatic rings. The lowest BCUT2D eigenvalue weighted by Crippen LogP contribution is -2.34. The Kier molecular flexibility index (Phi) is 7.34. The Morgan fingerprint density at radius 1 is 1.19 bits per heavy atom.